The molecule has 184 valence electrons. The smallest absolute Gasteiger partial charge is 0.305 e. The number of aryl methyl sites for hydroxylation is 1. The van der Waals surface area contributed by atoms with E-state index in [4.69, 9.17) is 0 Å². The maximum absolute atomic E-state index is 13.4. The van der Waals surface area contributed by atoms with Crippen molar-refractivity contribution in [3.05, 3.63) is 58.3 Å². The Morgan fingerprint density at radius 3 is 2.65 bits per heavy atom. The Morgan fingerprint density at radius 2 is 2.00 bits per heavy atom. The lowest BCUT2D eigenvalue weighted by Crippen LogP contribution is -2.40. The normalized spacial score (nSPS) is 17.9. The minimum Gasteiger partial charge on any atom is -0.481 e. The minimum absolute atomic E-state index is 0.160. The number of carbonyl (C=O) groups excluding carboxylic acids is 1. The summed E-state index contributed by atoms with van der Waals surface area (Å²) in [6.45, 7) is 8.91. The number of carboxylic acids is 1. The Bertz CT molecular complexity index is 1060. The van der Waals surface area contributed by atoms with Gasteiger partial charge in [-0.15, -0.1) is 0 Å². The lowest BCUT2D eigenvalue weighted by atomic mass is 9.99. The predicted molar refractivity (Wildman–Crippen MR) is 132 cm³/mol. The summed E-state index contributed by atoms with van der Waals surface area (Å²) in [6, 6.07) is 4.11. The van der Waals surface area contributed by atoms with Gasteiger partial charge in [0.15, 0.2) is 0 Å². The number of piperidine rings is 1. The van der Waals surface area contributed by atoms with E-state index >= 15 is 0 Å². The van der Waals surface area contributed by atoms with Crippen LogP contribution in [0, 0.1) is 12.8 Å². The number of carbonyl (C=O) groups is 2. The molecular weight excluding hydrogens is 432 g/mol. The highest BCUT2D eigenvalue weighted by atomic mass is 16.4. The van der Waals surface area contributed by atoms with E-state index in [9.17, 15) is 19.5 Å². The molecule has 1 aliphatic heterocycles. The van der Waals surface area contributed by atoms with E-state index in [1.165, 1.54) is 17.1 Å². The van der Waals surface area contributed by atoms with Gasteiger partial charge in [-0.3, -0.25) is 19.4 Å². The first-order valence-electron chi connectivity index (χ1n) is 12.1. The molecule has 3 rings (SSSR count). The van der Waals surface area contributed by atoms with Crippen LogP contribution in [0.2, 0.25) is 0 Å². The van der Waals surface area contributed by atoms with Crippen molar-refractivity contribution < 1.29 is 14.7 Å². The summed E-state index contributed by atoms with van der Waals surface area (Å²) in [5, 5.41) is 12.5. The largest absolute Gasteiger partial charge is 0.481 e. The fraction of sp³-hybridized carbons (Fsp3) is 0.538. The second-order valence-corrected chi connectivity index (χ2v) is 9.77. The first kappa shape index (κ1) is 25.5. The Balaban J connectivity index is 1.90. The molecule has 2 aromatic rings. The van der Waals surface area contributed by atoms with Crippen LogP contribution in [0.3, 0.4) is 0 Å². The van der Waals surface area contributed by atoms with Crippen LogP contribution >= 0.6 is 0 Å². The third-order valence-electron chi connectivity index (χ3n) is 6.41. The fourth-order valence-electron chi connectivity index (χ4n) is 4.61. The Morgan fingerprint density at radius 1 is 1.24 bits per heavy atom. The molecule has 1 aliphatic rings. The lowest BCUT2D eigenvalue weighted by Gasteiger charge is -2.35. The number of aromatic nitrogens is 2. The molecule has 1 amide bonds. The number of carboxylic acid groups (broad SMARTS) is 1. The average molecular weight is 469 g/mol. The first-order chi connectivity index (χ1) is 16.2. The summed E-state index contributed by atoms with van der Waals surface area (Å²) < 4.78 is 1.43. The van der Waals surface area contributed by atoms with Crippen LogP contribution < -0.4 is 15.8 Å². The number of anilines is 1. The quantitative estimate of drug-likeness (QED) is 0.579. The highest BCUT2D eigenvalue weighted by molar-refractivity contribution is 5.81. The molecule has 2 aromatic heterocycles. The monoisotopic (exact) mass is 468 g/mol. The maximum atomic E-state index is 13.4. The van der Waals surface area contributed by atoms with Crippen molar-refractivity contribution in [2.75, 3.05) is 11.4 Å². The summed E-state index contributed by atoms with van der Waals surface area (Å²) in [7, 11) is 0. The van der Waals surface area contributed by atoms with Gasteiger partial charge in [0, 0.05) is 31.0 Å². The van der Waals surface area contributed by atoms with E-state index in [1.54, 1.807) is 24.7 Å². The van der Waals surface area contributed by atoms with E-state index in [-0.39, 0.29) is 23.8 Å². The predicted octanol–water partition coefficient (Wildman–Crippen LogP) is 3.85. The molecule has 0 aromatic carbocycles. The van der Waals surface area contributed by atoms with Crippen LogP contribution in [0.1, 0.15) is 76.1 Å². The van der Waals surface area contributed by atoms with Gasteiger partial charge in [-0.1, -0.05) is 13.8 Å². The average Bonchev–Trinajstić information content (AvgIpc) is 2.77. The van der Waals surface area contributed by atoms with Crippen LogP contribution in [0.15, 0.2) is 41.6 Å². The second kappa shape index (κ2) is 11.3. The van der Waals surface area contributed by atoms with Crippen LogP contribution in [-0.4, -0.2) is 39.1 Å². The van der Waals surface area contributed by atoms with Gasteiger partial charge < -0.3 is 19.9 Å². The summed E-state index contributed by atoms with van der Waals surface area (Å²) in [5.41, 5.74) is 2.15. The molecule has 0 saturated carbocycles. The Labute approximate surface area is 201 Å². The Kier molecular flexibility index (Phi) is 8.47. The number of nitrogens with one attached hydrogen (secondary N) is 1. The Hall–Kier alpha value is -3.16. The molecule has 8 nitrogen and oxygen atoms in total. The molecule has 0 radical (unpaired) electrons. The van der Waals surface area contributed by atoms with Gasteiger partial charge in [-0.05, 0) is 68.7 Å². The van der Waals surface area contributed by atoms with Crippen molar-refractivity contribution >= 4 is 17.6 Å². The van der Waals surface area contributed by atoms with Crippen LogP contribution in [-0.2, 0) is 9.59 Å². The zero-order valence-corrected chi connectivity index (χ0v) is 20.5. The summed E-state index contributed by atoms with van der Waals surface area (Å²) in [5.74, 6) is -1.23. The molecule has 1 fully saturated rings. The molecule has 3 heterocycles. The molecule has 34 heavy (non-hydrogen) atoms. The summed E-state index contributed by atoms with van der Waals surface area (Å²) >= 11 is 0. The third-order valence-corrected chi connectivity index (χ3v) is 6.41. The minimum atomic E-state index is -1.02. The highest BCUT2D eigenvalue weighted by Crippen LogP contribution is 2.28. The zero-order chi connectivity index (χ0) is 24.8. The third kappa shape index (κ3) is 6.46. The fourth-order valence-corrected chi connectivity index (χ4v) is 4.61. The molecule has 3 atom stereocenters. The summed E-state index contributed by atoms with van der Waals surface area (Å²) in [6.07, 6.45) is 8.62. The van der Waals surface area contributed by atoms with Crippen LogP contribution in [0.25, 0.3) is 0 Å². The van der Waals surface area contributed by atoms with Crippen molar-refractivity contribution in [2.45, 2.75) is 77.9 Å². The molecule has 0 bridgehead atoms. The van der Waals surface area contributed by atoms with Gasteiger partial charge in [-0.25, -0.2) is 0 Å². The SMILES string of the molecule is Cc1ccn(C(CC(C)C)C(=O)N[C@H](CC(=O)O)c2cncc(N3CCCC[C@@H]3C)c2)c(=O)c1. The molecule has 2 N–H and O–H groups in total. The number of hydrogen-bond donors (Lipinski definition) is 2. The lowest BCUT2D eigenvalue weighted by molar-refractivity contribution is -0.138. The second-order valence-electron chi connectivity index (χ2n) is 9.77. The van der Waals surface area contributed by atoms with Crippen molar-refractivity contribution in [2.24, 2.45) is 5.92 Å². The highest BCUT2D eigenvalue weighted by Gasteiger charge is 2.28. The van der Waals surface area contributed by atoms with Crippen molar-refractivity contribution in [3.63, 3.8) is 0 Å². The first-order valence-corrected chi connectivity index (χ1v) is 12.1. The zero-order valence-electron chi connectivity index (χ0n) is 20.5. The topological polar surface area (TPSA) is 105 Å². The van der Waals surface area contributed by atoms with E-state index in [1.807, 2.05) is 26.8 Å². The van der Waals surface area contributed by atoms with E-state index in [0.717, 1.165) is 30.6 Å². The van der Waals surface area contributed by atoms with E-state index < -0.39 is 18.1 Å². The number of aliphatic carboxylic acids is 1. The van der Waals surface area contributed by atoms with Gasteiger partial charge in [0.25, 0.3) is 5.56 Å². The van der Waals surface area contributed by atoms with Gasteiger partial charge in [0.2, 0.25) is 5.91 Å². The van der Waals surface area contributed by atoms with Crippen molar-refractivity contribution in [1.82, 2.24) is 14.9 Å². The number of hydrogen-bond acceptors (Lipinski definition) is 5. The number of pyridine rings is 2. The summed E-state index contributed by atoms with van der Waals surface area (Å²) in [4.78, 5) is 44.4. The molecule has 0 spiro atoms. The van der Waals surface area contributed by atoms with E-state index in [0.29, 0.717) is 18.0 Å². The van der Waals surface area contributed by atoms with Crippen LogP contribution in [0.5, 0.6) is 0 Å². The van der Waals surface area contributed by atoms with Gasteiger partial charge >= 0.3 is 5.97 Å². The molecule has 1 unspecified atom stereocenters. The molecular formula is C26H36N4O4. The van der Waals surface area contributed by atoms with E-state index in [2.05, 4.69) is 22.1 Å². The number of rotatable bonds is 9. The van der Waals surface area contributed by atoms with Gasteiger partial charge in [0.1, 0.15) is 6.04 Å². The van der Waals surface area contributed by atoms with Crippen LogP contribution in [0.4, 0.5) is 5.69 Å². The van der Waals surface area contributed by atoms with Gasteiger partial charge in [-0.2, -0.15) is 0 Å². The maximum Gasteiger partial charge on any atom is 0.305 e. The number of nitrogens with zero attached hydrogens (tertiary/aromatic N) is 3. The van der Waals surface area contributed by atoms with Gasteiger partial charge in [0.05, 0.1) is 24.3 Å². The standard InChI is InChI=1S/C26H36N4O4/c1-17(2)11-23(30-10-8-18(3)12-24(30)31)26(34)28-22(14-25(32)33)20-13-21(16-27-15-20)29-9-6-5-7-19(29)4/h8,10,12-13,15-17,19,22-23H,5-7,9,11,14H2,1-4H3,(H,28,34)(H,32,33)/t19-,22+,23?/m0/s1. The van der Waals surface area contributed by atoms with Crippen molar-refractivity contribution in [1.29, 1.82) is 0 Å². The molecule has 8 heteroatoms. The molecule has 0 aliphatic carbocycles. The molecule has 1 saturated heterocycles. The van der Waals surface area contributed by atoms with Crippen molar-refractivity contribution in [3.8, 4) is 0 Å². The number of amides is 1.